The standard InChI is InChI=1S/C23H21FN8O/c1-31-20(7-9-28-31)30-23-27-8-6-18(29-23)15-11-19(25)32-21(12-15)33-13-16(22(32)26)10-14-2-4-17(24)5-3-14/h2-9,11-12,16,25-26H,10,13H2,1H3,(H,27,29,30). The minimum Gasteiger partial charge on any atom is -0.478 e. The van der Waals surface area contributed by atoms with E-state index < -0.39 is 0 Å². The molecule has 9 nitrogen and oxygen atoms in total. The summed E-state index contributed by atoms with van der Waals surface area (Å²) in [6.07, 6.45) is 3.84. The summed E-state index contributed by atoms with van der Waals surface area (Å²) in [5.41, 5.74) is 2.34. The van der Waals surface area contributed by atoms with Crippen molar-refractivity contribution in [3.63, 3.8) is 0 Å². The number of fused-ring (bicyclic) bond motifs is 1. The molecule has 1 aliphatic heterocycles. The molecule has 1 atom stereocenters. The first-order valence-electron chi connectivity index (χ1n) is 10.3. The number of ether oxygens (including phenoxy) is 1. The number of nitrogens with one attached hydrogen (secondary N) is 3. The minimum atomic E-state index is -0.294. The van der Waals surface area contributed by atoms with Crippen LogP contribution in [0, 0.1) is 22.6 Å². The van der Waals surface area contributed by atoms with Gasteiger partial charge in [-0.3, -0.25) is 20.1 Å². The van der Waals surface area contributed by atoms with Crippen LogP contribution in [0.25, 0.3) is 11.3 Å². The highest BCUT2D eigenvalue weighted by Gasteiger charge is 2.26. The van der Waals surface area contributed by atoms with Crippen molar-refractivity contribution >= 4 is 17.6 Å². The molecule has 4 aromatic rings. The second kappa shape index (κ2) is 8.30. The second-order valence-corrected chi connectivity index (χ2v) is 7.76. The van der Waals surface area contributed by atoms with E-state index in [1.54, 1.807) is 47.4 Å². The van der Waals surface area contributed by atoms with E-state index in [0.29, 0.717) is 36.1 Å². The van der Waals surface area contributed by atoms with E-state index in [9.17, 15) is 4.39 Å². The highest BCUT2D eigenvalue weighted by molar-refractivity contribution is 5.87. The Morgan fingerprint density at radius 3 is 2.70 bits per heavy atom. The van der Waals surface area contributed by atoms with E-state index in [2.05, 4.69) is 20.4 Å². The van der Waals surface area contributed by atoms with Crippen LogP contribution >= 0.6 is 0 Å². The van der Waals surface area contributed by atoms with Crippen molar-refractivity contribution in [2.24, 2.45) is 13.0 Å². The van der Waals surface area contributed by atoms with Gasteiger partial charge in [-0.15, -0.1) is 0 Å². The normalized spacial score (nSPS) is 15.1. The molecule has 0 spiro atoms. The number of nitrogens with zero attached hydrogens (tertiary/aromatic N) is 5. The summed E-state index contributed by atoms with van der Waals surface area (Å²) >= 11 is 0. The van der Waals surface area contributed by atoms with Crippen LogP contribution in [0.1, 0.15) is 5.56 Å². The van der Waals surface area contributed by atoms with Gasteiger partial charge in [-0.05, 0) is 36.2 Å². The summed E-state index contributed by atoms with van der Waals surface area (Å²) < 4.78 is 22.3. The molecule has 0 fully saturated rings. The van der Waals surface area contributed by atoms with Crippen LogP contribution in [0.5, 0.6) is 5.88 Å². The predicted octanol–water partition coefficient (Wildman–Crippen LogP) is 3.12. The molecule has 0 radical (unpaired) electrons. The second-order valence-electron chi connectivity index (χ2n) is 7.76. The molecule has 0 saturated heterocycles. The molecule has 166 valence electrons. The summed E-state index contributed by atoms with van der Waals surface area (Å²) in [6, 6.07) is 13.2. The maximum absolute atomic E-state index is 13.2. The Bertz CT molecular complexity index is 1390. The van der Waals surface area contributed by atoms with Gasteiger partial charge in [0.2, 0.25) is 11.8 Å². The van der Waals surface area contributed by atoms with Crippen molar-refractivity contribution in [1.29, 1.82) is 10.8 Å². The monoisotopic (exact) mass is 444 g/mol. The van der Waals surface area contributed by atoms with E-state index in [1.165, 1.54) is 16.7 Å². The Morgan fingerprint density at radius 1 is 1.12 bits per heavy atom. The largest absolute Gasteiger partial charge is 0.478 e. The first kappa shape index (κ1) is 20.6. The minimum absolute atomic E-state index is 0.121. The molecule has 5 rings (SSSR count). The fourth-order valence-corrected chi connectivity index (χ4v) is 3.77. The highest BCUT2D eigenvalue weighted by atomic mass is 19.1. The van der Waals surface area contributed by atoms with Crippen LogP contribution in [-0.2, 0) is 13.5 Å². The molecule has 0 aliphatic carbocycles. The maximum Gasteiger partial charge on any atom is 0.228 e. The molecule has 1 aliphatic rings. The predicted molar refractivity (Wildman–Crippen MR) is 120 cm³/mol. The average molecular weight is 444 g/mol. The molecule has 0 bridgehead atoms. The Labute approximate surface area is 188 Å². The van der Waals surface area contributed by atoms with Gasteiger partial charge < -0.3 is 10.1 Å². The van der Waals surface area contributed by atoms with Crippen molar-refractivity contribution in [2.75, 3.05) is 11.9 Å². The number of aryl methyl sites for hydroxylation is 1. The third kappa shape index (κ3) is 4.10. The highest BCUT2D eigenvalue weighted by Crippen LogP contribution is 2.26. The SMILES string of the molecule is Cn1nccc1Nc1nccc(-c2cc3n(c(=N)c2)C(=N)C(Cc2ccc(F)cc2)CO3)n1. The molecule has 0 saturated carbocycles. The number of hydrogen-bond acceptors (Lipinski definition) is 7. The number of aromatic nitrogens is 5. The third-order valence-electron chi connectivity index (χ3n) is 5.50. The Kier molecular flexibility index (Phi) is 5.17. The Morgan fingerprint density at radius 2 is 1.94 bits per heavy atom. The first-order valence-corrected chi connectivity index (χ1v) is 10.3. The number of hydrogen-bond donors (Lipinski definition) is 3. The van der Waals surface area contributed by atoms with Gasteiger partial charge in [0.15, 0.2) is 0 Å². The van der Waals surface area contributed by atoms with Crippen LogP contribution in [0.2, 0.25) is 0 Å². The molecule has 1 aromatic carbocycles. The number of anilines is 2. The molecule has 10 heteroatoms. The van der Waals surface area contributed by atoms with Crippen molar-refractivity contribution in [3.8, 4) is 17.1 Å². The number of benzene rings is 1. The van der Waals surface area contributed by atoms with Gasteiger partial charge >= 0.3 is 0 Å². The van der Waals surface area contributed by atoms with Crippen molar-refractivity contribution in [1.82, 2.24) is 24.3 Å². The van der Waals surface area contributed by atoms with E-state index >= 15 is 0 Å². The number of rotatable bonds is 5. The quantitative estimate of drug-likeness (QED) is 0.437. The van der Waals surface area contributed by atoms with Gasteiger partial charge in [-0.25, -0.2) is 14.4 Å². The van der Waals surface area contributed by atoms with Crippen molar-refractivity contribution in [2.45, 2.75) is 6.42 Å². The molecular formula is C23H21FN8O. The van der Waals surface area contributed by atoms with Gasteiger partial charge in [0.05, 0.1) is 17.8 Å². The molecule has 4 heterocycles. The zero-order chi connectivity index (χ0) is 22.9. The van der Waals surface area contributed by atoms with Gasteiger partial charge in [0.1, 0.15) is 29.6 Å². The molecule has 33 heavy (non-hydrogen) atoms. The lowest BCUT2D eigenvalue weighted by atomic mass is 9.97. The van der Waals surface area contributed by atoms with E-state index in [0.717, 1.165) is 11.4 Å². The zero-order valence-corrected chi connectivity index (χ0v) is 17.8. The van der Waals surface area contributed by atoms with Crippen molar-refractivity contribution in [3.05, 3.63) is 77.8 Å². The molecule has 1 unspecified atom stereocenters. The van der Waals surface area contributed by atoms with Gasteiger partial charge in [-0.2, -0.15) is 5.10 Å². The summed E-state index contributed by atoms with van der Waals surface area (Å²) in [6.45, 7) is 0.302. The lowest BCUT2D eigenvalue weighted by molar-refractivity contribution is 0.244. The Hall–Kier alpha value is -4.34. The first-order chi connectivity index (χ1) is 16.0. The summed E-state index contributed by atoms with van der Waals surface area (Å²) in [7, 11) is 1.81. The molecule has 3 N–H and O–H groups in total. The lowest BCUT2D eigenvalue weighted by Gasteiger charge is -2.28. The molecule has 0 amide bonds. The van der Waals surface area contributed by atoms with E-state index in [-0.39, 0.29) is 23.1 Å². The fourth-order valence-electron chi connectivity index (χ4n) is 3.77. The van der Waals surface area contributed by atoms with Gasteiger partial charge in [0.25, 0.3) is 0 Å². The smallest absolute Gasteiger partial charge is 0.228 e. The van der Waals surface area contributed by atoms with Crippen LogP contribution in [0.15, 0.2) is 60.9 Å². The zero-order valence-electron chi connectivity index (χ0n) is 17.8. The lowest BCUT2D eigenvalue weighted by Crippen LogP contribution is -2.40. The number of pyridine rings is 1. The van der Waals surface area contributed by atoms with E-state index in [4.69, 9.17) is 15.6 Å². The summed E-state index contributed by atoms with van der Waals surface area (Å²) in [5.74, 6) is 1.31. The molecule has 3 aromatic heterocycles. The van der Waals surface area contributed by atoms with E-state index in [1.807, 2.05) is 13.1 Å². The van der Waals surface area contributed by atoms with Crippen LogP contribution in [0.4, 0.5) is 16.2 Å². The Balaban J connectivity index is 1.41. The topological polar surface area (TPSA) is 117 Å². The summed E-state index contributed by atoms with van der Waals surface area (Å²) in [5, 5.41) is 24.4. The fraction of sp³-hybridized carbons (Fsp3) is 0.174. The van der Waals surface area contributed by atoms with Crippen LogP contribution < -0.4 is 15.5 Å². The van der Waals surface area contributed by atoms with Crippen LogP contribution in [0.3, 0.4) is 0 Å². The number of halogens is 1. The van der Waals surface area contributed by atoms with Crippen LogP contribution in [-0.4, -0.2) is 36.8 Å². The third-order valence-corrected chi connectivity index (χ3v) is 5.50. The average Bonchev–Trinajstić information content (AvgIpc) is 3.21. The molecular weight excluding hydrogens is 423 g/mol. The summed E-state index contributed by atoms with van der Waals surface area (Å²) in [4.78, 5) is 8.80. The van der Waals surface area contributed by atoms with Crippen molar-refractivity contribution < 1.29 is 9.13 Å². The van der Waals surface area contributed by atoms with Gasteiger partial charge in [-0.1, -0.05) is 12.1 Å². The maximum atomic E-state index is 13.2. The van der Waals surface area contributed by atoms with Gasteiger partial charge in [0, 0.05) is 30.9 Å².